The van der Waals surface area contributed by atoms with E-state index in [1.54, 1.807) is 31.8 Å². The average Bonchev–Trinajstić information content (AvgIpc) is 3.30. The molecule has 37 heavy (non-hydrogen) atoms. The van der Waals surface area contributed by atoms with Gasteiger partial charge in [0.2, 0.25) is 0 Å². The van der Waals surface area contributed by atoms with Crippen LogP contribution >= 0.6 is 11.6 Å². The molecule has 2 aromatic carbocycles. The summed E-state index contributed by atoms with van der Waals surface area (Å²) < 4.78 is 20.8. The van der Waals surface area contributed by atoms with Gasteiger partial charge in [-0.1, -0.05) is 29.8 Å². The molecule has 2 aromatic heterocycles. The summed E-state index contributed by atoms with van der Waals surface area (Å²) in [6, 6.07) is 15.8. The molecule has 0 amide bonds. The van der Waals surface area contributed by atoms with E-state index >= 15 is 0 Å². The molecule has 0 spiro atoms. The average molecular weight is 522 g/mol. The molecular formula is C29H33ClFN5O. The van der Waals surface area contributed by atoms with E-state index in [9.17, 15) is 4.39 Å². The van der Waals surface area contributed by atoms with Crippen molar-refractivity contribution < 1.29 is 9.13 Å². The Morgan fingerprint density at radius 1 is 1.05 bits per heavy atom. The summed E-state index contributed by atoms with van der Waals surface area (Å²) in [5.41, 5.74) is 4.66. The van der Waals surface area contributed by atoms with E-state index in [0.29, 0.717) is 23.7 Å². The van der Waals surface area contributed by atoms with Crippen molar-refractivity contribution in [2.45, 2.75) is 50.7 Å². The van der Waals surface area contributed by atoms with Crippen LogP contribution in [-0.2, 0) is 11.3 Å². The van der Waals surface area contributed by atoms with Crippen molar-refractivity contribution in [2.24, 2.45) is 0 Å². The molecule has 8 heteroatoms. The van der Waals surface area contributed by atoms with Crippen LogP contribution in [0, 0.1) is 5.82 Å². The zero-order valence-electron chi connectivity index (χ0n) is 21.1. The van der Waals surface area contributed by atoms with Crippen LogP contribution in [0.5, 0.6) is 0 Å². The largest absolute Gasteiger partial charge is 0.385 e. The number of hydrogen-bond donors (Lipinski definition) is 2. The topological polar surface area (TPSA) is 64.0 Å². The lowest BCUT2D eigenvalue weighted by Crippen LogP contribution is -2.37. The van der Waals surface area contributed by atoms with Gasteiger partial charge in [0, 0.05) is 44.1 Å². The molecule has 0 radical (unpaired) electrons. The van der Waals surface area contributed by atoms with Crippen LogP contribution in [0.1, 0.15) is 37.7 Å². The fraction of sp³-hybridized carbons (Fsp3) is 0.379. The summed E-state index contributed by atoms with van der Waals surface area (Å²) >= 11 is 6.60. The molecule has 2 N–H and O–H groups in total. The monoisotopic (exact) mass is 521 g/mol. The van der Waals surface area contributed by atoms with Crippen LogP contribution in [0.2, 0.25) is 5.02 Å². The molecule has 1 aliphatic rings. The van der Waals surface area contributed by atoms with Crippen LogP contribution in [0.4, 0.5) is 10.2 Å². The second-order valence-corrected chi connectivity index (χ2v) is 10.2. The van der Waals surface area contributed by atoms with Gasteiger partial charge in [-0.2, -0.15) is 0 Å². The fourth-order valence-corrected chi connectivity index (χ4v) is 5.31. The highest BCUT2D eigenvalue weighted by molar-refractivity contribution is 6.33. The Bertz CT molecular complexity index is 1340. The number of halogens is 2. The van der Waals surface area contributed by atoms with Crippen LogP contribution in [0.25, 0.3) is 22.2 Å². The zero-order valence-corrected chi connectivity index (χ0v) is 21.8. The van der Waals surface area contributed by atoms with E-state index in [1.165, 1.54) is 6.07 Å². The number of imidazole rings is 1. The highest BCUT2D eigenvalue weighted by atomic mass is 35.5. The number of methoxy groups -OCH3 is 1. The number of hydrogen-bond acceptors (Lipinski definition) is 5. The second-order valence-electron chi connectivity index (χ2n) is 9.75. The summed E-state index contributed by atoms with van der Waals surface area (Å²) in [7, 11) is 1.75. The maximum absolute atomic E-state index is 13.7. The van der Waals surface area contributed by atoms with E-state index < -0.39 is 0 Å². The molecule has 5 rings (SSSR count). The van der Waals surface area contributed by atoms with Crippen LogP contribution in [-0.4, -0.2) is 46.9 Å². The maximum Gasteiger partial charge on any atom is 0.126 e. The van der Waals surface area contributed by atoms with Crippen LogP contribution in [0.15, 0.2) is 61.1 Å². The van der Waals surface area contributed by atoms with Crippen LogP contribution < -0.4 is 10.6 Å². The number of aromatic nitrogens is 3. The van der Waals surface area contributed by atoms with Gasteiger partial charge in [0.25, 0.3) is 0 Å². The van der Waals surface area contributed by atoms with Crippen molar-refractivity contribution in [3.8, 4) is 11.1 Å². The Kier molecular flexibility index (Phi) is 8.34. The molecule has 1 aliphatic carbocycles. The van der Waals surface area contributed by atoms with Gasteiger partial charge in [-0.3, -0.25) is 0 Å². The Morgan fingerprint density at radius 3 is 2.70 bits per heavy atom. The Labute approximate surface area is 222 Å². The molecule has 1 saturated carbocycles. The van der Waals surface area contributed by atoms with E-state index in [1.807, 2.05) is 28.8 Å². The van der Waals surface area contributed by atoms with Gasteiger partial charge in [-0.25, -0.2) is 14.4 Å². The highest BCUT2D eigenvalue weighted by Gasteiger charge is 2.21. The fourth-order valence-electron chi connectivity index (χ4n) is 5.09. The molecule has 0 atom stereocenters. The van der Waals surface area contributed by atoms with E-state index in [0.717, 1.165) is 78.8 Å². The van der Waals surface area contributed by atoms with Crippen molar-refractivity contribution in [1.82, 2.24) is 19.9 Å². The van der Waals surface area contributed by atoms with Crippen molar-refractivity contribution in [1.29, 1.82) is 0 Å². The normalized spacial score (nSPS) is 17.8. The van der Waals surface area contributed by atoms with Gasteiger partial charge in [0.1, 0.15) is 11.6 Å². The minimum absolute atomic E-state index is 0.238. The quantitative estimate of drug-likeness (QED) is 0.240. The first-order valence-corrected chi connectivity index (χ1v) is 13.3. The summed E-state index contributed by atoms with van der Waals surface area (Å²) in [5, 5.41) is 7.88. The van der Waals surface area contributed by atoms with Crippen molar-refractivity contribution in [3.05, 3.63) is 77.5 Å². The molecule has 2 heterocycles. The number of fused-ring (bicyclic) bond motifs is 1. The number of ether oxygens (including phenoxy) is 1. The predicted octanol–water partition coefficient (Wildman–Crippen LogP) is 6.29. The molecule has 0 unspecified atom stereocenters. The Balaban J connectivity index is 1.28. The summed E-state index contributed by atoms with van der Waals surface area (Å²) in [5.74, 6) is 0.599. The number of nitrogens with zero attached hydrogens (tertiary/aromatic N) is 3. The Hall–Kier alpha value is -3.00. The summed E-state index contributed by atoms with van der Waals surface area (Å²) in [4.78, 5) is 9.08. The molecule has 4 aromatic rings. The first-order valence-electron chi connectivity index (χ1n) is 12.9. The SMILES string of the molecule is COCCCN[C@H]1CC[C@H](Nc2cc(-c3ccc4ncn(Cc5cccc(F)c5)c4c3)c(Cl)cn2)CC1. The molecule has 0 aliphatic heterocycles. The van der Waals surface area contributed by atoms with E-state index in [2.05, 4.69) is 26.7 Å². The third-order valence-electron chi connectivity index (χ3n) is 7.07. The van der Waals surface area contributed by atoms with E-state index in [4.69, 9.17) is 16.3 Å². The second kappa shape index (κ2) is 12.0. The zero-order chi connectivity index (χ0) is 25.6. The summed E-state index contributed by atoms with van der Waals surface area (Å²) in [6.07, 6.45) is 9.07. The lowest BCUT2D eigenvalue weighted by Gasteiger charge is -2.30. The van der Waals surface area contributed by atoms with Gasteiger partial charge < -0.3 is 19.9 Å². The minimum atomic E-state index is -0.238. The smallest absolute Gasteiger partial charge is 0.126 e. The first-order chi connectivity index (χ1) is 18.1. The van der Waals surface area contributed by atoms with E-state index in [-0.39, 0.29) is 5.82 Å². The number of benzene rings is 2. The molecule has 0 bridgehead atoms. The Morgan fingerprint density at radius 2 is 1.89 bits per heavy atom. The van der Waals surface area contributed by atoms with Crippen molar-refractivity contribution >= 4 is 28.5 Å². The molecule has 1 fully saturated rings. The lowest BCUT2D eigenvalue weighted by atomic mass is 9.91. The van der Waals surface area contributed by atoms with Gasteiger partial charge >= 0.3 is 0 Å². The van der Waals surface area contributed by atoms with Gasteiger partial charge in [0.15, 0.2) is 0 Å². The number of nitrogens with one attached hydrogen (secondary N) is 2. The standard InChI is InChI=1S/C29H33ClFN5O/c1-37-13-3-12-32-23-7-9-24(10-8-23)35-29-16-25(26(30)17-33-29)21-6-11-27-28(15-21)36(19-34-27)18-20-4-2-5-22(31)14-20/h2,4-6,11,14-17,19,23-24,32H,3,7-10,12-13,18H2,1H3,(H,33,35)/t23-,24-. The molecular weight excluding hydrogens is 489 g/mol. The van der Waals surface area contributed by atoms with Gasteiger partial charge in [-0.05, 0) is 80.1 Å². The molecule has 194 valence electrons. The number of rotatable bonds is 10. The van der Waals surface area contributed by atoms with Crippen molar-refractivity contribution in [2.75, 3.05) is 25.6 Å². The summed E-state index contributed by atoms with van der Waals surface area (Å²) in [6.45, 7) is 2.35. The maximum atomic E-state index is 13.7. The van der Waals surface area contributed by atoms with Gasteiger partial charge in [-0.15, -0.1) is 0 Å². The number of anilines is 1. The third-order valence-corrected chi connectivity index (χ3v) is 7.37. The lowest BCUT2D eigenvalue weighted by molar-refractivity contribution is 0.192. The minimum Gasteiger partial charge on any atom is -0.385 e. The first kappa shape index (κ1) is 25.6. The molecule has 6 nitrogen and oxygen atoms in total. The predicted molar refractivity (Wildman–Crippen MR) is 148 cm³/mol. The third kappa shape index (κ3) is 6.47. The van der Waals surface area contributed by atoms with Crippen molar-refractivity contribution in [3.63, 3.8) is 0 Å². The highest BCUT2D eigenvalue weighted by Crippen LogP contribution is 2.32. The van der Waals surface area contributed by atoms with Crippen LogP contribution in [0.3, 0.4) is 0 Å². The van der Waals surface area contributed by atoms with Gasteiger partial charge in [0.05, 0.1) is 22.4 Å². The number of pyridine rings is 1. The molecule has 0 saturated heterocycles.